The average Bonchev–Trinajstić information content (AvgIpc) is 2.09. The van der Waals surface area contributed by atoms with Crippen LogP contribution in [0, 0.1) is 0 Å². The van der Waals surface area contributed by atoms with E-state index in [-0.39, 0.29) is 0 Å². The fourth-order valence-corrected chi connectivity index (χ4v) is 2.06. The molecule has 2 nitrogen and oxygen atoms in total. The molecule has 0 N–H and O–H groups in total. The highest BCUT2D eigenvalue weighted by Gasteiger charge is 2.29. The minimum atomic E-state index is 0.293. The van der Waals surface area contributed by atoms with Gasteiger partial charge in [0, 0.05) is 13.0 Å². The van der Waals surface area contributed by atoms with Gasteiger partial charge < -0.3 is 4.90 Å². The third-order valence-electron chi connectivity index (χ3n) is 2.97. The van der Waals surface area contributed by atoms with Gasteiger partial charge in [0.05, 0.1) is 6.04 Å². The molecular weight excluding hydrogens is 162 g/mol. The normalized spacial score (nSPS) is 28.5. The van der Waals surface area contributed by atoms with Crippen LogP contribution in [0.2, 0.25) is 0 Å². The van der Waals surface area contributed by atoms with Crippen LogP contribution >= 0.6 is 0 Å². The van der Waals surface area contributed by atoms with Crippen LogP contribution in [-0.4, -0.2) is 23.4 Å². The van der Waals surface area contributed by atoms with Crippen molar-refractivity contribution < 1.29 is 4.79 Å². The Balaban J connectivity index is 2.26. The summed E-state index contributed by atoms with van der Waals surface area (Å²) in [6, 6.07) is 0.353. The Bertz CT molecular complexity index is 290. The van der Waals surface area contributed by atoms with Crippen molar-refractivity contribution in [3.8, 4) is 0 Å². The smallest absolute Gasteiger partial charge is 0.223 e. The number of hydrogen-bond donors (Lipinski definition) is 0. The van der Waals surface area contributed by atoms with Gasteiger partial charge in [0.25, 0.3) is 0 Å². The fourth-order valence-electron chi connectivity index (χ4n) is 2.06. The van der Waals surface area contributed by atoms with Gasteiger partial charge in [0.2, 0.25) is 5.91 Å². The van der Waals surface area contributed by atoms with Gasteiger partial charge in [-0.1, -0.05) is 12.7 Å². The van der Waals surface area contributed by atoms with Crippen molar-refractivity contribution in [2.24, 2.45) is 0 Å². The molecule has 1 amide bonds. The number of fused-ring (bicyclic) bond motifs is 1. The SMILES string of the molecule is C=C1CN2C(=O)CCCC2C=C1C. The van der Waals surface area contributed by atoms with E-state index in [2.05, 4.69) is 19.6 Å². The Morgan fingerprint density at radius 2 is 2.38 bits per heavy atom. The molecule has 2 rings (SSSR count). The second-order valence-corrected chi connectivity index (χ2v) is 3.93. The molecule has 13 heavy (non-hydrogen) atoms. The summed E-state index contributed by atoms with van der Waals surface area (Å²) in [6.45, 7) is 6.78. The molecule has 1 fully saturated rings. The Morgan fingerprint density at radius 1 is 1.62 bits per heavy atom. The van der Waals surface area contributed by atoms with E-state index >= 15 is 0 Å². The standard InChI is InChI=1S/C11H15NO/c1-8-6-10-4-3-5-11(13)12(10)7-9(8)2/h6,10H,2-5,7H2,1H3. The predicted octanol–water partition coefficient (Wildman–Crippen LogP) is 1.88. The first-order valence-corrected chi connectivity index (χ1v) is 4.84. The van der Waals surface area contributed by atoms with Gasteiger partial charge >= 0.3 is 0 Å². The van der Waals surface area contributed by atoms with Crippen LogP contribution in [0.5, 0.6) is 0 Å². The molecule has 0 spiro atoms. The maximum Gasteiger partial charge on any atom is 0.223 e. The summed E-state index contributed by atoms with van der Waals surface area (Å²) in [7, 11) is 0. The number of carbonyl (C=O) groups excluding carboxylic acids is 1. The molecular formula is C11H15NO. The first-order valence-electron chi connectivity index (χ1n) is 4.84. The van der Waals surface area contributed by atoms with Crippen molar-refractivity contribution in [1.82, 2.24) is 4.90 Å². The Labute approximate surface area is 78.9 Å². The summed E-state index contributed by atoms with van der Waals surface area (Å²) >= 11 is 0. The van der Waals surface area contributed by atoms with Crippen LogP contribution in [0.3, 0.4) is 0 Å². The summed E-state index contributed by atoms with van der Waals surface area (Å²) < 4.78 is 0. The summed E-state index contributed by atoms with van der Waals surface area (Å²) in [5.74, 6) is 0.293. The van der Waals surface area contributed by atoms with E-state index in [1.165, 1.54) is 5.57 Å². The molecule has 1 unspecified atom stereocenters. The van der Waals surface area contributed by atoms with E-state index in [1.54, 1.807) is 0 Å². The highest BCUT2D eigenvalue weighted by molar-refractivity contribution is 5.78. The van der Waals surface area contributed by atoms with E-state index in [1.807, 2.05) is 4.90 Å². The van der Waals surface area contributed by atoms with Crippen LogP contribution in [0.1, 0.15) is 26.2 Å². The Hall–Kier alpha value is -1.05. The second-order valence-electron chi connectivity index (χ2n) is 3.93. The molecule has 2 heterocycles. The highest BCUT2D eigenvalue weighted by Crippen LogP contribution is 2.27. The molecule has 0 aromatic carbocycles. The summed E-state index contributed by atoms with van der Waals surface area (Å²) in [4.78, 5) is 13.5. The largest absolute Gasteiger partial charge is 0.332 e. The monoisotopic (exact) mass is 177 g/mol. The summed E-state index contributed by atoms with van der Waals surface area (Å²) in [6.07, 6.45) is 5.06. The number of carbonyl (C=O) groups is 1. The first kappa shape index (κ1) is 8.54. The van der Waals surface area contributed by atoms with Crippen LogP contribution in [0.15, 0.2) is 23.8 Å². The molecule has 1 atom stereocenters. The number of hydrogen-bond acceptors (Lipinski definition) is 1. The first-order chi connectivity index (χ1) is 6.18. The van der Waals surface area contributed by atoms with Crippen LogP contribution < -0.4 is 0 Å². The van der Waals surface area contributed by atoms with Gasteiger partial charge in [0.15, 0.2) is 0 Å². The van der Waals surface area contributed by atoms with Gasteiger partial charge in [-0.3, -0.25) is 4.79 Å². The molecule has 0 aromatic rings. The van der Waals surface area contributed by atoms with Crippen LogP contribution in [0.4, 0.5) is 0 Å². The Morgan fingerprint density at radius 3 is 3.15 bits per heavy atom. The van der Waals surface area contributed by atoms with Crippen LogP contribution in [-0.2, 0) is 4.79 Å². The van der Waals surface area contributed by atoms with E-state index in [9.17, 15) is 4.79 Å². The molecule has 0 saturated carbocycles. The lowest BCUT2D eigenvalue weighted by molar-refractivity contribution is -0.134. The highest BCUT2D eigenvalue weighted by atomic mass is 16.2. The molecule has 0 aliphatic carbocycles. The third kappa shape index (κ3) is 1.41. The molecule has 0 radical (unpaired) electrons. The van der Waals surface area contributed by atoms with Gasteiger partial charge in [-0.15, -0.1) is 0 Å². The molecule has 0 aromatic heterocycles. The van der Waals surface area contributed by atoms with Crippen molar-refractivity contribution in [3.05, 3.63) is 23.8 Å². The number of nitrogens with zero attached hydrogens (tertiary/aromatic N) is 1. The number of amides is 1. The molecule has 1 saturated heterocycles. The second kappa shape index (κ2) is 3.02. The van der Waals surface area contributed by atoms with Crippen molar-refractivity contribution in [3.63, 3.8) is 0 Å². The molecule has 2 aliphatic heterocycles. The molecule has 2 heteroatoms. The van der Waals surface area contributed by atoms with Crippen molar-refractivity contribution in [1.29, 1.82) is 0 Å². The lowest BCUT2D eigenvalue weighted by Crippen LogP contribution is -2.45. The molecule has 0 bridgehead atoms. The van der Waals surface area contributed by atoms with Crippen LogP contribution in [0.25, 0.3) is 0 Å². The van der Waals surface area contributed by atoms with Gasteiger partial charge in [-0.2, -0.15) is 0 Å². The third-order valence-corrected chi connectivity index (χ3v) is 2.97. The maximum atomic E-state index is 11.5. The van der Waals surface area contributed by atoms with Crippen molar-refractivity contribution >= 4 is 5.91 Å². The minimum absolute atomic E-state index is 0.293. The summed E-state index contributed by atoms with van der Waals surface area (Å²) in [5, 5.41) is 0. The number of piperidine rings is 1. The lowest BCUT2D eigenvalue weighted by Gasteiger charge is -2.38. The fraction of sp³-hybridized carbons (Fsp3) is 0.545. The zero-order valence-electron chi connectivity index (χ0n) is 8.05. The maximum absolute atomic E-state index is 11.5. The van der Waals surface area contributed by atoms with Gasteiger partial charge in [0.1, 0.15) is 0 Å². The van der Waals surface area contributed by atoms with E-state index < -0.39 is 0 Å². The predicted molar refractivity (Wildman–Crippen MR) is 52.2 cm³/mol. The molecule has 70 valence electrons. The van der Waals surface area contributed by atoms with E-state index in [4.69, 9.17) is 0 Å². The molecule has 2 aliphatic rings. The number of rotatable bonds is 0. The minimum Gasteiger partial charge on any atom is -0.332 e. The topological polar surface area (TPSA) is 20.3 Å². The average molecular weight is 177 g/mol. The van der Waals surface area contributed by atoms with E-state index in [0.29, 0.717) is 11.9 Å². The Kier molecular flexibility index (Phi) is 1.98. The van der Waals surface area contributed by atoms with Gasteiger partial charge in [-0.05, 0) is 30.9 Å². The lowest BCUT2D eigenvalue weighted by atomic mass is 9.92. The van der Waals surface area contributed by atoms with E-state index in [0.717, 1.165) is 31.4 Å². The summed E-state index contributed by atoms with van der Waals surface area (Å²) in [5.41, 5.74) is 2.35. The zero-order chi connectivity index (χ0) is 9.42. The van der Waals surface area contributed by atoms with Crippen molar-refractivity contribution in [2.75, 3.05) is 6.54 Å². The quantitative estimate of drug-likeness (QED) is 0.553. The zero-order valence-corrected chi connectivity index (χ0v) is 8.05. The van der Waals surface area contributed by atoms with Gasteiger partial charge in [-0.25, -0.2) is 0 Å². The van der Waals surface area contributed by atoms with Crippen molar-refractivity contribution in [2.45, 2.75) is 32.2 Å².